The summed E-state index contributed by atoms with van der Waals surface area (Å²) in [5.41, 5.74) is 4.08. The second kappa shape index (κ2) is 9.11. The molecule has 0 saturated carbocycles. The average Bonchev–Trinajstić information content (AvgIpc) is 3.31. The Morgan fingerprint density at radius 3 is 2.82 bits per heavy atom. The van der Waals surface area contributed by atoms with Gasteiger partial charge in [-0.25, -0.2) is 0 Å². The molecule has 2 amide bonds. The van der Waals surface area contributed by atoms with Gasteiger partial charge in [0, 0.05) is 35.3 Å². The lowest BCUT2D eigenvalue weighted by atomic mass is 10.0. The Morgan fingerprint density at radius 2 is 1.94 bits per heavy atom. The van der Waals surface area contributed by atoms with Gasteiger partial charge in [0.25, 0.3) is 5.91 Å². The number of anilines is 1. The Hall–Kier alpha value is -3.58. The van der Waals surface area contributed by atoms with E-state index in [0.717, 1.165) is 17.5 Å². The second-order valence-electron chi connectivity index (χ2n) is 8.05. The summed E-state index contributed by atoms with van der Waals surface area (Å²) in [5.74, 6) is 1.12. The summed E-state index contributed by atoms with van der Waals surface area (Å²) >= 11 is 1.75. The monoisotopic (exact) mass is 460 g/mol. The fraction of sp³-hybridized carbons (Fsp3) is 0.231. The Morgan fingerprint density at radius 1 is 1.09 bits per heavy atom. The molecule has 3 aromatic rings. The van der Waals surface area contributed by atoms with Crippen LogP contribution >= 0.6 is 11.3 Å². The highest BCUT2D eigenvalue weighted by molar-refractivity contribution is 7.10. The molecule has 5 rings (SSSR count). The van der Waals surface area contributed by atoms with Crippen LogP contribution in [0.25, 0.3) is 6.08 Å². The maximum Gasteiger partial charge on any atom is 0.254 e. The molecule has 0 aliphatic carbocycles. The number of thiophene rings is 1. The zero-order valence-corrected chi connectivity index (χ0v) is 19.1. The fourth-order valence-corrected chi connectivity index (χ4v) is 4.99. The normalized spacial score (nSPS) is 14.8. The van der Waals surface area contributed by atoms with Crippen LogP contribution in [-0.4, -0.2) is 36.5 Å². The average molecular weight is 461 g/mol. The number of ether oxygens (including phenoxy) is 2. The summed E-state index contributed by atoms with van der Waals surface area (Å²) in [6.07, 6.45) is 4.09. The van der Waals surface area contributed by atoms with Crippen molar-refractivity contribution in [1.29, 1.82) is 0 Å². The highest BCUT2D eigenvalue weighted by Gasteiger charge is 2.24. The molecule has 6 nitrogen and oxygen atoms in total. The van der Waals surface area contributed by atoms with Gasteiger partial charge in [-0.2, -0.15) is 0 Å². The first-order valence-electron chi connectivity index (χ1n) is 10.9. The molecule has 0 radical (unpaired) electrons. The number of nitrogens with one attached hydrogen (secondary N) is 1. The predicted molar refractivity (Wildman–Crippen MR) is 129 cm³/mol. The molecule has 2 aliphatic rings. The van der Waals surface area contributed by atoms with Crippen molar-refractivity contribution in [2.75, 3.05) is 25.1 Å². The third-order valence-corrected chi connectivity index (χ3v) is 6.93. The third-order valence-electron chi connectivity index (χ3n) is 5.91. The van der Waals surface area contributed by atoms with Crippen LogP contribution in [0.4, 0.5) is 5.69 Å². The minimum absolute atomic E-state index is 0.00716. The standard InChI is InChI=1S/C26H24N2O4S/c1-17-20(26(30)28-11-9-24-19(16-28)10-14-33-24)3-2-4-21(17)27-25(29)8-6-18-5-7-22-23(15-18)32-13-12-31-22/h2-8,10,14-15H,9,11-13,16H2,1H3,(H,27,29)/b8-6+. The van der Waals surface area contributed by atoms with Gasteiger partial charge in [-0.05, 0) is 71.8 Å². The number of carbonyl (C=O) groups excluding carboxylic acids is 2. The van der Waals surface area contributed by atoms with Crippen molar-refractivity contribution >= 4 is 34.9 Å². The SMILES string of the molecule is Cc1c(NC(=O)/C=C/c2ccc3c(c2)OCCO3)cccc1C(=O)N1CCc2sccc2C1. The predicted octanol–water partition coefficient (Wildman–Crippen LogP) is 4.68. The Bertz CT molecular complexity index is 1250. The number of fused-ring (bicyclic) bond motifs is 2. The van der Waals surface area contributed by atoms with Gasteiger partial charge >= 0.3 is 0 Å². The number of hydrogen-bond acceptors (Lipinski definition) is 5. The molecule has 0 spiro atoms. The number of benzene rings is 2. The van der Waals surface area contributed by atoms with Gasteiger partial charge < -0.3 is 19.7 Å². The van der Waals surface area contributed by atoms with E-state index >= 15 is 0 Å². The van der Waals surface area contributed by atoms with E-state index in [1.54, 1.807) is 23.5 Å². The summed E-state index contributed by atoms with van der Waals surface area (Å²) in [7, 11) is 0. The quantitative estimate of drug-likeness (QED) is 0.574. The van der Waals surface area contributed by atoms with Crippen LogP contribution in [0.1, 0.15) is 31.9 Å². The second-order valence-corrected chi connectivity index (χ2v) is 9.05. The summed E-state index contributed by atoms with van der Waals surface area (Å²) in [4.78, 5) is 29.0. The summed E-state index contributed by atoms with van der Waals surface area (Å²) in [6.45, 7) is 4.26. The van der Waals surface area contributed by atoms with Gasteiger partial charge in [-0.15, -0.1) is 11.3 Å². The molecule has 33 heavy (non-hydrogen) atoms. The van der Waals surface area contributed by atoms with Crippen molar-refractivity contribution in [3.05, 3.63) is 81.1 Å². The Balaban J connectivity index is 1.27. The van der Waals surface area contributed by atoms with Crippen LogP contribution in [0.3, 0.4) is 0 Å². The Labute approximate surface area is 196 Å². The van der Waals surface area contributed by atoms with E-state index in [9.17, 15) is 9.59 Å². The molecule has 168 valence electrons. The molecule has 7 heteroatoms. The molecule has 2 aliphatic heterocycles. The number of rotatable bonds is 4. The third kappa shape index (κ3) is 4.50. The van der Waals surface area contributed by atoms with Crippen LogP contribution in [0.2, 0.25) is 0 Å². The molecule has 0 fully saturated rings. The zero-order valence-electron chi connectivity index (χ0n) is 18.3. The molecule has 0 bridgehead atoms. The highest BCUT2D eigenvalue weighted by Crippen LogP contribution is 2.31. The lowest BCUT2D eigenvalue weighted by Crippen LogP contribution is -2.35. The van der Waals surface area contributed by atoms with Gasteiger partial charge in [0.2, 0.25) is 5.91 Å². The minimum Gasteiger partial charge on any atom is -0.486 e. The van der Waals surface area contributed by atoms with Crippen molar-refractivity contribution in [3.8, 4) is 11.5 Å². The topological polar surface area (TPSA) is 67.9 Å². The fourth-order valence-electron chi connectivity index (χ4n) is 4.10. The first kappa shape index (κ1) is 21.3. The van der Waals surface area contributed by atoms with Crippen LogP contribution in [0.15, 0.2) is 53.9 Å². The van der Waals surface area contributed by atoms with E-state index in [1.165, 1.54) is 16.5 Å². The van der Waals surface area contributed by atoms with E-state index in [-0.39, 0.29) is 11.8 Å². The van der Waals surface area contributed by atoms with E-state index < -0.39 is 0 Å². The largest absolute Gasteiger partial charge is 0.486 e. The first-order chi connectivity index (χ1) is 16.1. The smallest absolute Gasteiger partial charge is 0.254 e. The summed E-state index contributed by atoms with van der Waals surface area (Å²) in [5, 5.41) is 4.98. The molecule has 1 N–H and O–H groups in total. The lowest BCUT2D eigenvalue weighted by Gasteiger charge is -2.28. The number of nitrogens with zero attached hydrogens (tertiary/aromatic N) is 1. The van der Waals surface area contributed by atoms with E-state index in [1.807, 2.05) is 42.2 Å². The minimum atomic E-state index is -0.265. The molecule has 0 saturated heterocycles. The maximum absolute atomic E-state index is 13.2. The summed E-state index contributed by atoms with van der Waals surface area (Å²) in [6, 6.07) is 13.1. The maximum atomic E-state index is 13.2. The van der Waals surface area contributed by atoms with Crippen molar-refractivity contribution in [2.45, 2.75) is 19.9 Å². The molecule has 0 atom stereocenters. The van der Waals surface area contributed by atoms with Crippen LogP contribution in [-0.2, 0) is 17.8 Å². The van der Waals surface area contributed by atoms with Gasteiger partial charge in [0.15, 0.2) is 11.5 Å². The van der Waals surface area contributed by atoms with Gasteiger partial charge in [-0.3, -0.25) is 9.59 Å². The molecule has 2 aromatic carbocycles. The van der Waals surface area contributed by atoms with Crippen LogP contribution in [0, 0.1) is 6.92 Å². The van der Waals surface area contributed by atoms with E-state index in [2.05, 4.69) is 16.8 Å². The lowest BCUT2D eigenvalue weighted by molar-refractivity contribution is -0.111. The van der Waals surface area contributed by atoms with Crippen LogP contribution < -0.4 is 14.8 Å². The van der Waals surface area contributed by atoms with Crippen molar-refractivity contribution in [2.24, 2.45) is 0 Å². The first-order valence-corrected chi connectivity index (χ1v) is 11.8. The van der Waals surface area contributed by atoms with Crippen LogP contribution in [0.5, 0.6) is 11.5 Å². The number of carbonyl (C=O) groups is 2. The van der Waals surface area contributed by atoms with Gasteiger partial charge in [-0.1, -0.05) is 12.1 Å². The molecular weight excluding hydrogens is 436 g/mol. The van der Waals surface area contributed by atoms with Crippen molar-refractivity contribution < 1.29 is 19.1 Å². The van der Waals surface area contributed by atoms with Gasteiger partial charge in [0.1, 0.15) is 13.2 Å². The highest BCUT2D eigenvalue weighted by atomic mass is 32.1. The van der Waals surface area contributed by atoms with E-state index in [0.29, 0.717) is 49.1 Å². The molecule has 0 unspecified atom stereocenters. The van der Waals surface area contributed by atoms with Gasteiger partial charge in [0.05, 0.1) is 0 Å². The molecule has 3 heterocycles. The number of amides is 2. The molecular formula is C26H24N2O4S. The summed E-state index contributed by atoms with van der Waals surface area (Å²) < 4.78 is 11.1. The molecule has 1 aromatic heterocycles. The Kier molecular flexibility index (Phi) is 5.88. The van der Waals surface area contributed by atoms with E-state index in [4.69, 9.17) is 9.47 Å². The number of hydrogen-bond donors (Lipinski definition) is 1. The zero-order chi connectivity index (χ0) is 22.8. The van der Waals surface area contributed by atoms with Crippen molar-refractivity contribution in [3.63, 3.8) is 0 Å². The van der Waals surface area contributed by atoms with Crippen molar-refractivity contribution in [1.82, 2.24) is 4.90 Å².